The summed E-state index contributed by atoms with van der Waals surface area (Å²) in [6, 6.07) is 3.31. The van der Waals surface area contributed by atoms with Crippen LogP contribution in [-0.4, -0.2) is 44.9 Å². The molecular weight excluding hydrogens is 448 g/mol. The maximum absolute atomic E-state index is 12.5. The van der Waals surface area contributed by atoms with Crippen molar-refractivity contribution in [2.75, 3.05) is 13.1 Å². The van der Waals surface area contributed by atoms with Crippen LogP contribution < -0.4 is 0 Å². The molecule has 0 bridgehead atoms. The zero-order valence-electron chi connectivity index (χ0n) is 12.5. The second-order valence-corrected chi connectivity index (χ2v) is 6.90. The van der Waals surface area contributed by atoms with Crippen LogP contribution in [0.4, 0.5) is 0 Å². The Balaban J connectivity index is 2.58. The van der Waals surface area contributed by atoms with Crippen molar-refractivity contribution in [3.05, 3.63) is 32.2 Å². The van der Waals surface area contributed by atoms with E-state index in [1.54, 1.807) is 26.0 Å². The lowest BCUT2D eigenvalue weighted by atomic mass is 10.1. The first-order valence-electron chi connectivity index (χ1n) is 6.89. The van der Waals surface area contributed by atoms with Crippen molar-refractivity contribution in [1.82, 2.24) is 9.80 Å². The van der Waals surface area contributed by atoms with E-state index in [0.717, 1.165) is 0 Å². The Hall–Kier alpha value is -1.25. The number of hydrogen-bond acceptors (Lipinski definition) is 4. The van der Waals surface area contributed by atoms with Crippen molar-refractivity contribution in [3.8, 4) is 5.75 Å². The summed E-state index contributed by atoms with van der Waals surface area (Å²) in [6.07, 6.45) is 1.39. The fourth-order valence-corrected chi connectivity index (χ4v) is 3.92. The summed E-state index contributed by atoms with van der Waals surface area (Å²) in [5, 5.41) is 10.3. The van der Waals surface area contributed by atoms with Crippen LogP contribution in [0.25, 0.3) is 6.08 Å². The monoisotopic (exact) mass is 460 g/mol. The molecule has 0 saturated carbocycles. The molecule has 0 aromatic heterocycles. The van der Waals surface area contributed by atoms with E-state index in [9.17, 15) is 14.7 Å². The van der Waals surface area contributed by atoms with Gasteiger partial charge in [0.2, 0.25) is 0 Å². The number of phenols is 1. The van der Waals surface area contributed by atoms with Crippen LogP contribution >= 0.6 is 44.1 Å². The van der Waals surface area contributed by atoms with Crippen molar-refractivity contribution in [3.63, 3.8) is 0 Å². The van der Waals surface area contributed by atoms with Gasteiger partial charge in [-0.2, -0.15) is 0 Å². The number of amides is 2. The molecule has 1 N–H and O–H groups in total. The number of aromatic hydroxyl groups is 1. The number of likely N-dealkylation sites (N-methyl/N-ethyl adjacent to an activating group) is 2. The van der Waals surface area contributed by atoms with Gasteiger partial charge in [-0.1, -0.05) is 15.9 Å². The van der Waals surface area contributed by atoms with Gasteiger partial charge in [0.15, 0.2) is 5.11 Å². The average Bonchev–Trinajstić information content (AvgIpc) is 2.49. The number of rotatable bonds is 3. The van der Waals surface area contributed by atoms with Crippen LogP contribution in [0.2, 0.25) is 0 Å². The summed E-state index contributed by atoms with van der Waals surface area (Å²) in [6.45, 7) is 4.32. The lowest BCUT2D eigenvalue weighted by Gasteiger charge is -2.35. The second-order valence-electron chi connectivity index (χ2n) is 4.76. The maximum atomic E-state index is 12.5. The van der Waals surface area contributed by atoms with Gasteiger partial charge in [-0.05, 0) is 60.2 Å². The third-order valence-electron chi connectivity index (χ3n) is 3.40. The average molecular weight is 462 g/mol. The minimum Gasteiger partial charge on any atom is -0.506 e. The van der Waals surface area contributed by atoms with E-state index in [1.165, 1.54) is 15.9 Å². The Bertz CT molecular complexity index is 706. The number of hydrogen-bond donors (Lipinski definition) is 1. The van der Waals surface area contributed by atoms with Crippen LogP contribution in [0, 0.1) is 0 Å². The largest absolute Gasteiger partial charge is 0.506 e. The van der Waals surface area contributed by atoms with E-state index in [1.807, 2.05) is 0 Å². The first-order valence-corrected chi connectivity index (χ1v) is 8.88. The highest BCUT2D eigenvalue weighted by Gasteiger charge is 2.37. The fourth-order valence-electron chi connectivity index (χ4n) is 2.23. The van der Waals surface area contributed by atoms with E-state index in [0.29, 0.717) is 27.6 Å². The molecule has 0 unspecified atom stereocenters. The summed E-state index contributed by atoms with van der Waals surface area (Å²) in [4.78, 5) is 27.8. The molecular formula is C15H14Br2N2O3S. The number of carbonyl (C=O) groups excluding carboxylic acids is 2. The number of thiocarbonyl (C=S) groups is 1. The second kappa shape index (κ2) is 7.11. The highest BCUT2D eigenvalue weighted by Crippen LogP contribution is 2.34. The number of carbonyl (C=O) groups is 2. The SMILES string of the molecule is CCN1C(=O)C(=Cc2cc(Br)cc(Br)c2O)C(=O)N(CC)C1=S. The first-order chi connectivity index (χ1) is 10.8. The molecule has 122 valence electrons. The van der Waals surface area contributed by atoms with E-state index in [4.69, 9.17) is 12.2 Å². The highest BCUT2D eigenvalue weighted by atomic mass is 79.9. The molecule has 2 amide bonds. The Labute approximate surface area is 156 Å². The predicted octanol–water partition coefficient (Wildman–Crippen LogP) is 3.30. The van der Waals surface area contributed by atoms with Crippen molar-refractivity contribution in [2.45, 2.75) is 13.8 Å². The van der Waals surface area contributed by atoms with Crippen molar-refractivity contribution >= 4 is 67.1 Å². The fraction of sp³-hybridized carbons (Fsp3) is 0.267. The molecule has 0 radical (unpaired) electrons. The molecule has 1 aliphatic rings. The van der Waals surface area contributed by atoms with Crippen LogP contribution in [0.1, 0.15) is 19.4 Å². The molecule has 1 aromatic rings. The molecule has 0 spiro atoms. The van der Waals surface area contributed by atoms with Crippen LogP contribution in [0.5, 0.6) is 5.75 Å². The summed E-state index contributed by atoms with van der Waals surface area (Å²) < 4.78 is 1.17. The minimum atomic E-state index is -0.456. The number of phenolic OH excluding ortho intramolecular Hbond substituents is 1. The van der Waals surface area contributed by atoms with Crippen LogP contribution in [0.15, 0.2) is 26.7 Å². The van der Waals surface area contributed by atoms with Gasteiger partial charge in [0.25, 0.3) is 11.8 Å². The van der Waals surface area contributed by atoms with E-state index >= 15 is 0 Å². The normalized spacial score (nSPS) is 15.5. The number of halogens is 2. The number of nitrogens with zero attached hydrogens (tertiary/aromatic N) is 2. The van der Waals surface area contributed by atoms with Crippen molar-refractivity contribution < 1.29 is 14.7 Å². The quantitative estimate of drug-likeness (QED) is 0.426. The van der Waals surface area contributed by atoms with Gasteiger partial charge in [-0.3, -0.25) is 19.4 Å². The molecule has 1 heterocycles. The molecule has 5 nitrogen and oxygen atoms in total. The van der Waals surface area contributed by atoms with E-state index in [-0.39, 0.29) is 16.4 Å². The summed E-state index contributed by atoms with van der Waals surface area (Å²) in [5.74, 6) is -0.953. The summed E-state index contributed by atoms with van der Waals surface area (Å²) >= 11 is 11.8. The van der Waals surface area contributed by atoms with Crippen molar-refractivity contribution in [1.29, 1.82) is 0 Å². The minimum absolute atomic E-state index is 0.0254. The first kappa shape index (κ1) is 18.1. The zero-order valence-corrected chi connectivity index (χ0v) is 16.5. The third kappa shape index (κ3) is 3.34. The molecule has 2 rings (SSSR count). The van der Waals surface area contributed by atoms with Gasteiger partial charge in [0.05, 0.1) is 4.47 Å². The topological polar surface area (TPSA) is 60.9 Å². The van der Waals surface area contributed by atoms with E-state index in [2.05, 4.69) is 31.9 Å². The Morgan fingerprint density at radius 3 is 2.13 bits per heavy atom. The van der Waals surface area contributed by atoms with Crippen LogP contribution in [0.3, 0.4) is 0 Å². The molecule has 8 heteroatoms. The van der Waals surface area contributed by atoms with Gasteiger partial charge >= 0.3 is 0 Å². The van der Waals surface area contributed by atoms with E-state index < -0.39 is 11.8 Å². The number of benzene rings is 1. The van der Waals surface area contributed by atoms with Gasteiger partial charge < -0.3 is 5.11 Å². The highest BCUT2D eigenvalue weighted by molar-refractivity contribution is 9.11. The molecule has 1 aliphatic heterocycles. The lowest BCUT2D eigenvalue weighted by molar-refractivity contribution is -0.133. The molecule has 1 saturated heterocycles. The van der Waals surface area contributed by atoms with Gasteiger partial charge in [-0.25, -0.2) is 0 Å². The maximum Gasteiger partial charge on any atom is 0.265 e. The molecule has 0 atom stereocenters. The van der Waals surface area contributed by atoms with Gasteiger partial charge in [-0.15, -0.1) is 0 Å². The van der Waals surface area contributed by atoms with Gasteiger partial charge in [0.1, 0.15) is 11.3 Å². The Morgan fingerprint density at radius 1 is 1.13 bits per heavy atom. The molecule has 23 heavy (non-hydrogen) atoms. The molecule has 1 aromatic carbocycles. The zero-order chi connectivity index (χ0) is 17.3. The van der Waals surface area contributed by atoms with Crippen molar-refractivity contribution in [2.24, 2.45) is 0 Å². The standard InChI is InChI=1S/C15H14Br2N2O3S/c1-3-18-13(21)10(14(22)19(4-2)15(18)23)6-8-5-9(16)7-11(17)12(8)20/h5-7,20H,3-4H2,1-2H3. The Morgan fingerprint density at radius 2 is 1.65 bits per heavy atom. The lowest BCUT2D eigenvalue weighted by Crippen LogP contribution is -2.55. The summed E-state index contributed by atoms with van der Waals surface area (Å²) in [7, 11) is 0. The predicted molar refractivity (Wildman–Crippen MR) is 98.9 cm³/mol. The summed E-state index contributed by atoms with van der Waals surface area (Å²) in [5.41, 5.74) is 0.338. The smallest absolute Gasteiger partial charge is 0.265 e. The van der Waals surface area contributed by atoms with Crippen LogP contribution in [-0.2, 0) is 9.59 Å². The van der Waals surface area contributed by atoms with Gasteiger partial charge in [0, 0.05) is 23.1 Å². The molecule has 1 fully saturated rings. The third-order valence-corrected chi connectivity index (χ3v) is 4.91. The molecule has 0 aliphatic carbocycles. The Kier molecular flexibility index (Phi) is 5.59.